The van der Waals surface area contributed by atoms with Gasteiger partial charge in [0.15, 0.2) is 0 Å². The molecule has 5 heteroatoms. The molecule has 0 aromatic carbocycles. The molecule has 0 aliphatic rings. The maximum absolute atomic E-state index is 8.63. The van der Waals surface area contributed by atoms with E-state index in [1.165, 1.54) is 0 Å². The van der Waals surface area contributed by atoms with Crippen LogP contribution in [0.25, 0.3) is 0 Å². The monoisotopic (exact) mass is 286 g/mol. The molecule has 0 spiro atoms. The van der Waals surface area contributed by atoms with Crippen LogP contribution >= 0.6 is 23.2 Å². The van der Waals surface area contributed by atoms with Crippen LogP contribution in [0.2, 0.25) is 0 Å². The second kappa shape index (κ2) is 12.9. The molecule has 0 saturated carbocycles. The molecule has 0 rings (SSSR count). The first kappa shape index (κ1) is 17.5. The Bertz CT molecular complexity index is 143. The van der Waals surface area contributed by atoms with Gasteiger partial charge in [-0.1, -0.05) is 0 Å². The van der Waals surface area contributed by atoms with Crippen molar-refractivity contribution in [2.75, 3.05) is 26.4 Å². The summed E-state index contributed by atoms with van der Waals surface area (Å²) >= 11 is 12.0. The van der Waals surface area contributed by atoms with E-state index in [1.54, 1.807) is 0 Å². The van der Waals surface area contributed by atoms with Gasteiger partial charge in [0.25, 0.3) is 0 Å². The van der Waals surface area contributed by atoms with E-state index in [1.807, 2.05) is 0 Å². The van der Waals surface area contributed by atoms with Gasteiger partial charge in [0.05, 0.1) is 0 Å². The van der Waals surface area contributed by atoms with E-state index in [2.05, 4.69) is 0 Å². The Kier molecular flexibility index (Phi) is 13.3. The van der Waals surface area contributed by atoms with Gasteiger partial charge in [-0.15, -0.1) is 23.2 Å². The Hall–Kier alpha value is 0.460. The smallest absolute Gasteiger partial charge is 0.0480 e. The number of hydrogen-bond donors (Lipinski definition) is 2. The minimum absolute atomic E-state index is 0.0864. The number of alkyl halides is 2. The van der Waals surface area contributed by atoms with Crippen LogP contribution in [0.4, 0.5) is 0 Å². The molecule has 3 nitrogen and oxygen atoms in total. The molecule has 0 aromatic rings. The van der Waals surface area contributed by atoms with Gasteiger partial charge in [0.2, 0.25) is 0 Å². The number of aliphatic hydroxyl groups is 2. The Labute approximate surface area is 114 Å². The molecule has 2 N–H and O–H groups in total. The van der Waals surface area contributed by atoms with Gasteiger partial charge >= 0.3 is 0 Å². The number of rotatable bonds is 12. The van der Waals surface area contributed by atoms with Crippen molar-refractivity contribution in [3.63, 3.8) is 0 Å². The average Bonchev–Trinajstić information content (AvgIpc) is 2.33. The summed E-state index contributed by atoms with van der Waals surface area (Å²) in [5.41, 5.74) is 0. The van der Waals surface area contributed by atoms with E-state index in [0.29, 0.717) is 13.2 Å². The molecule has 0 saturated heterocycles. The van der Waals surface area contributed by atoms with Crippen molar-refractivity contribution in [3.05, 3.63) is 0 Å². The zero-order valence-electron chi connectivity index (χ0n) is 10.3. The van der Waals surface area contributed by atoms with E-state index in [4.69, 9.17) is 38.2 Å². The Morgan fingerprint density at radius 1 is 0.765 bits per heavy atom. The van der Waals surface area contributed by atoms with Crippen LogP contribution in [0.3, 0.4) is 0 Å². The Morgan fingerprint density at radius 3 is 1.53 bits per heavy atom. The van der Waals surface area contributed by atoms with Gasteiger partial charge in [-0.3, -0.25) is 0 Å². The summed E-state index contributed by atoms with van der Waals surface area (Å²) in [6, 6.07) is 0. The van der Waals surface area contributed by atoms with Crippen LogP contribution < -0.4 is 0 Å². The number of ether oxygens (including phenoxy) is 1. The number of halogens is 2. The van der Waals surface area contributed by atoms with Gasteiger partial charge < -0.3 is 14.9 Å². The fourth-order valence-electron chi connectivity index (χ4n) is 1.44. The van der Waals surface area contributed by atoms with Crippen molar-refractivity contribution in [3.8, 4) is 0 Å². The van der Waals surface area contributed by atoms with Crippen molar-refractivity contribution < 1.29 is 14.9 Å². The zero-order chi connectivity index (χ0) is 12.9. The summed E-state index contributed by atoms with van der Waals surface area (Å²) < 4.78 is 5.44. The van der Waals surface area contributed by atoms with Crippen LogP contribution in [0.15, 0.2) is 0 Å². The molecule has 2 atom stereocenters. The topological polar surface area (TPSA) is 49.7 Å². The van der Waals surface area contributed by atoms with Gasteiger partial charge in [0.1, 0.15) is 0 Å². The molecule has 0 heterocycles. The lowest BCUT2D eigenvalue weighted by Gasteiger charge is -2.11. The molecule has 0 bridgehead atoms. The van der Waals surface area contributed by atoms with Crippen LogP contribution in [-0.4, -0.2) is 47.4 Å². The Morgan fingerprint density at radius 2 is 1.18 bits per heavy atom. The molecule has 2 unspecified atom stereocenters. The molecule has 0 aliphatic carbocycles. The highest BCUT2D eigenvalue weighted by Gasteiger charge is 2.06. The molecule has 0 aliphatic heterocycles. The summed E-state index contributed by atoms with van der Waals surface area (Å²) in [7, 11) is 0. The summed E-state index contributed by atoms with van der Waals surface area (Å²) in [6.45, 7) is 1.68. The van der Waals surface area contributed by atoms with Crippen molar-refractivity contribution in [2.24, 2.45) is 0 Å². The highest BCUT2D eigenvalue weighted by molar-refractivity contribution is 6.20. The molecule has 0 amide bonds. The first-order chi connectivity index (χ1) is 8.20. The van der Waals surface area contributed by atoms with E-state index < -0.39 is 0 Å². The summed E-state index contributed by atoms with van der Waals surface area (Å²) in [5, 5.41) is 17.4. The van der Waals surface area contributed by atoms with Crippen molar-refractivity contribution >= 4 is 23.2 Å². The summed E-state index contributed by atoms with van der Waals surface area (Å²) in [5.74, 6) is 0. The lowest BCUT2D eigenvalue weighted by Crippen LogP contribution is -2.09. The minimum atomic E-state index is 0.0864. The van der Waals surface area contributed by atoms with E-state index >= 15 is 0 Å². The van der Waals surface area contributed by atoms with Crippen molar-refractivity contribution in [2.45, 2.75) is 49.3 Å². The molecule has 17 heavy (non-hydrogen) atoms. The maximum Gasteiger partial charge on any atom is 0.0480 e. The standard InChI is InChI=1S/C12H24Cl2O3/c13-11(3-1-7-15)5-9-17-10-6-12(14)4-2-8-16/h11-12,15-16H,1-10H2. The average molecular weight is 287 g/mol. The Balaban J connectivity index is 3.22. The van der Waals surface area contributed by atoms with Crippen molar-refractivity contribution in [1.82, 2.24) is 0 Å². The second-order valence-electron chi connectivity index (χ2n) is 4.12. The SMILES string of the molecule is OCCCC(Cl)CCOCCC(Cl)CCCO. The maximum atomic E-state index is 8.63. The van der Waals surface area contributed by atoms with E-state index in [9.17, 15) is 0 Å². The largest absolute Gasteiger partial charge is 0.396 e. The van der Waals surface area contributed by atoms with Crippen LogP contribution in [0.5, 0.6) is 0 Å². The molecule has 104 valence electrons. The van der Waals surface area contributed by atoms with Gasteiger partial charge in [-0.25, -0.2) is 0 Å². The molecule has 0 fully saturated rings. The third-order valence-corrected chi connectivity index (χ3v) is 3.37. The molecular weight excluding hydrogens is 263 g/mol. The lowest BCUT2D eigenvalue weighted by molar-refractivity contribution is 0.126. The normalized spacial score (nSPS) is 14.8. The van der Waals surface area contributed by atoms with Gasteiger partial charge in [-0.2, -0.15) is 0 Å². The molecule has 0 radical (unpaired) electrons. The second-order valence-corrected chi connectivity index (χ2v) is 5.35. The first-order valence-corrected chi connectivity index (χ1v) is 7.15. The number of aliphatic hydroxyl groups excluding tert-OH is 2. The quantitative estimate of drug-likeness (QED) is 0.428. The predicted octanol–water partition coefficient (Wildman–Crippen LogP) is 2.54. The lowest BCUT2D eigenvalue weighted by atomic mass is 10.2. The first-order valence-electron chi connectivity index (χ1n) is 6.28. The zero-order valence-corrected chi connectivity index (χ0v) is 11.8. The molecular formula is C12H24Cl2O3. The fourth-order valence-corrected chi connectivity index (χ4v) is 1.93. The third-order valence-electron chi connectivity index (χ3n) is 2.50. The highest BCUT2D eigenvalue weighted by Crippen LogP contribution is 2.11. The summed E-state index contributed by atoms with van der Waals surface area (Å²) in [6.07, 6.45) is 4.78. The molecule has 0 aromatic heterocycles. The number of hydrogen-bond acceptors (Lipinski definition) is 3. The van der Waals surface area contributed by atoms with E-state index in [-0.39, 0.29) is 24.0 Å². The van der Waals surface area contributed by atoms with E-state index in [0.717, 1.165) is 38.5 Å². The minimum Gasteiger partial charge on any atom is -0.396 e. The fraction of sp³-hybridized carbons (Fsp3) is 1.00. The highest BCUT2D eigenvalue weighted by atomic mass is 35.5. The third kappa shape index (κ3) is 12.7. The summed E-state index contributed by atoms with van der Waals surface area (Å²) in [4.78, 5) is 0. The van der Waals surface area contributed by atoms with Crippen LogP contribution in [-0.2, 0) is 4.74 Å². The predicted molar refractivity (Wildman–Crippen MR) is 72.0 cm³/mol. The van der Waals surface area contributed by atoms with Gasteiger partial charge in [-0.05, 0) is 38.5 Å². The van der Waals surface area contributed by atoms with Crippen LogP contribution in [0.1, 0.15) is 38.5 Å². The van der Waals surface area contributed by atoms with Gasteiger partial charge in [0, 0.05) is 37.2 Å². The van der Waals surface area contributed by atoms with Crippen LogP contribution in [0, 0.1) is 0 Å². The van der Waals surface area contributed by atoms with Crippen molar-refractivity contribution in [1.29, 1.82) is 0 Å².